The van der Waals surface area contributed by atoms with E-state index in [0.29, 0.717) is 0 Å². The minimum atomic E-state index is -1.75. The van der Waals surface area contributed by atoms with Crippen LogP contribution < -0.4 is 0 Å². The third-order valence-electron chi connectivity index (χ3n) is 0. The van der Waals surface area contributed by atoms with Gasteiger partial charge in [0, 0.05) is 0 Å². The molecular formula is H18CrN2O15. The second-order valence-electron chi connectivity index (χ2n) is 0.447. The molecule has 18 heavy (non-hydrogen) atoms. The van der Waals surface area contributed by atoms with E-state index < -0.39 is 10.2 Å². The summed E-state index contributed by atoms with van der Waals surface area (Å²) in [6.45, 7) is 0. The van der Waals surface area contributed by atoms with E-state index in [1.165, 1.54) is 0 Å². The van der Waals surface area contributed by atoms with E-state index in [-0.39, 0.29) is 66.6 Å². The zero-order chi connectivity index (χ0) is 7.15. The average Bonchev–Trinajstić information content (AvgIpc) is 1.25. The van der Waals surface area contributed by atoms with Crippen molar-refractivity contribution in [1.29, 1.82) is 0 Å². The molecule has 0 aromatic rings. The Morgan fingerprint density at radius 1 is 0.444 bits per heavy atom. The van der Waals surface area contributed by atoms with Gasteiger partial charge in [-0.2, -0.15) is 0 Å². The molecule has 0 spiro atoms. The molecule has 0 fully saturated rings. The number of rotatable bonds is 0. The summed E-state index contributed by atoms with van der Waals surface area (Å²) in [5.41, 5.74) is 0. The Morgan fingerprint density at radius 2 is 0.444 bits per heavy atom. The van der Waals surface area contributed by atoms with Crippen LogP contribution in [0.1, 0.15) is 0 Å². The minimum Gasteiger partial charge on any atom is -0.412 e. The first-order valence-electron chi connectivity index (χ1n) is 1.10. The largest absolute Gasteiger partial charge is 2.00 e. The Morgan fingerprint density at radius 3 is 0.444 bits per heavy atom. The molecule has 0 saturated heterocycles. The smallest absolute Gasteiger partial charge is 0.412 e. The van der Waals surface area contributed by atoms with Gasteiger partial charge in [0.2, 0.25) is 0 Å². The van der Waals surface area contributed by atoms with Crippen LogP contribution in [0.3, 0.4) is 0 Å². The summed E-state index contributed by atoms with van der Waals surface area (Å²) in [7, 11) is 0. The molecule has 0 bridgehead atoms. The monoisotopic (exact) mass is 338 g/mol. The summed E-state index contributed by atoms with van der Waals surface area (Å²) in [5.74, 6) is 0. The molecule has 0 radical (unpaired) electrons. The van der Waals surface area contributed by atoms with E-state index >= 15 is 0 Å². The standard InChI is InChI=1S/Cr.2NO3.9H2O/c;2*2-1(3)4;;;;;;;;;/h;;;9*1H2/q+2;2*-1;;;;;;;;;. The zero-order valence-corrected chi connectivity index (χ0v) is 9.53. The van der Waals surface area contributed by atoms with Crippen LogP contribution in [-0.2, 0) is 17.4 Å². The molecule has 0 rings (SSSR count). The van der Waals surface area contributed by atoms with Crippen LogP contribution in [0.25, 0.3) is 0 Å². The van der Waals surface area contributed by atoms with Gasteiger partial charge in [-0.1, -0.05) is 0 Å². The number of hydrogen-bond acceptors (Lipinski definition) is 6. The summed E-state index contributed by atoms with van der Waals surface area (Å²) >= 11 is 0. The topological polar surface area (TPSA) is 416 Å². The summed E-state index contributed by atoms with van der Waals surface area (Å²) in [5, 5.41) is 29.5. The molecule has 18 heteroatoms. The van der Waals surface area contributed by atoms with Crippen molar-refractivity contribution in [2.75, 3.05) is 0 Å². The molecule has 17 nitrogen and oxygen atoms in total. The van der Waals surface area contributed by atoms with E-state index in [4.69, 9.17) is 30.6 Å². The molecule has 0 aromatic carbocycles. The van der Waals surface area contributed by atoms with Gasteiger partial charge in [0.25, 0.3) is 0 Å². The summed E-state index contributed by atoms with van der Waals surface area (Å²) < 4.78 is 0. The Hall–Kier alpha value is -1.43. The maximum atomic E-state index is 8.25. The van der Waals surface area contributed by atoms with Crippen molar-refractivity contribution in [3.05, 3.63) is 30.6 Å². The molecule has 18 N–H and O–H groups in total. The fourth-order valence-electron chi connectivity index (χ4n) is 0. The molecule has 0 unspecified atom stereocenters. The molecule has 0 aliphatic carbocycles. The molecule has 0 saturated carbocycles. The molecule has 0 aliphatic heterocycles. The van der Waals surface area contributed by atoms with Crippen molar-refractivity contribution in [3.63, 3.8) is 0 Å². The van der Waals surface area contributed by atoms with Gasteiger partial charge in [0.1, 0.15) is 0 Å². The van der Waals surface area contributed by atoms with Gasteiger partial charge in [-0.05, 0) is 0 Å². The van der Waals surface area contributed by atoms with Crippen LogP contribution in [0, 0.1) is 30.6 Å². The van der Waals surface area contributed by atoms with Gasteiger partial charge in [-0.15, -0.1) is 0 Å². The number of nitrogens with zero attached hydrogens (tertiary/aromatic N) is 2. The van der Waals surface area contributed by atoms with Crippen molar-refractivity contribution in [1.82, 2.24) is 0 Å². The average molecular weight is 338 g/mol. The second kappa shape index (κ2) is 158. The molecule has 0 aromatic heterocycles. The van der Waals surface area contributed by atoms with Gasteiger partial charge in [-0.3, -0.25) is 0 Å². The molecule has 0 atom stereocenters. The van der Waals surface area contributed by atoms with E-state index in [1.54, 1.807) is 0 Å². The van der Waals surface area contributed by atoms with E-state index in [2.05, 4.69) is 0 Å². The predicted molar refractivity (Wildman–Crippen MR) is 53.2 cm³/mol. The van der Waals surface area contributed by atoms with Crippen LogP contribution in [0.4, 0.5) is 0 Å². The van der Waals surface area contributed by atoms with E-state index in [0.717, 1.165) is 0 Å². The first kappa shape index (κ1) is 192. The third kappa shape index (κ3) is 1320. The Labute approximate surface area is 108 Å². The molecular weight excluding hydrogens is 320 g/mol. The fraction of sp³-hybridized carbons (Fsp3) is 0. The van der Waals surface area contributed by atoms with E-state index in [9.17, 15) is 0 Å². The van der Waals surface area contributed by atoms with Crippen LogP contribution in [-0.4, -0.2) is 59.5 Å². The van der Waals surface area contributed by atoms with E-state index in [1.807, 2.05) is 0 Å². The molecule has 0 heterocycles. The van der Waals surface area contributed by atoms with Crippen molar-refractivity contribution < 1.29 is 76.8 Å². The van der Waals surface area contributed by atoms with Gasteiger partial charge in [0.05, 0.1) is 10.2 Å². The molecule has 124 valence electrons. The second-order valence-corrected chi connectivity index (χ2v) is 0.447. The first-order valence-corrected chi connectivity index (χ1v) is 1.10. The van der Waals surface area contributed by atoms with Crippen LogP contribution in [0.2, 0.25) is 0 Å². The van der Waals surface area contributed by atoms with Gasteiger partial charge in [-0.25, -0.2) is 0 Å². The normalized spacial score (nSPS) is 2.67. The number of hydrogen-bond donors (Lipinski definition) is 0. The van der Waals surface area contributed by atoms with Crippen molar-refractivity contribution in [3.8, 4) is 0 Å². The molecule has 0 aliphatic rings. The predicted octanol–water partition coefficient (Wildman–Crippen LogP) is -7.90. The SMILES string of the molecule is O.O.O.O.O.O.O.O.O.O=[N+]([O-])[O-].O=[N+]([O-])[O-].[Cr+2]. The Kier molecular flexibility index (Phi) is 1690. The van der Waals surface area contributed by atoms with Gasteiger partial charge in [0.15, 0.2) is 0 Å². The zero-order valence-electron chi connectivity index (χ0n) is 8.25. The third-order valence-corrected chi connectivity index (χ3v) is 0. The summed E-state index contributed by atoms with van der Waals surface area (Å²) in [4.78, 5) is 16.5. The fourth-order valence-corrected chi connectivity index (χ4v) is 0. The summed E-state index contributed by atoms with van der Waals surface area (Å²) in [6, 6.07) is 0. The van der Waals surface area contributed by atoms with Crippen molar-refractivity contribution in [2.24, 2.45) is 0 Å². The minimum absolute atomic E-state index is 0. The maximum Gasteiger partial charge on any atom is 2.00 e. The van der Waals surface area contributed by atoms with Crippen LogP contribution in [0.5, 0.6) is 0 Å². The van der Waals surface area contributed by atoms with Crippen molar-refractivity contribution in [2.45, 2.75) is 0 Å². The van der Waals surface area contributed by atoms with Crippen molar-refractivity contribution >= 4 is 0 Å². The van der Waals surface area contributed by atoms with Gasteiger partial charge < -0.3 is 79.9 Å². The Balaban J connectivity index is -0.00000000257. The summed E-state index contributed by atoms with van der Waals surface area (Å²) in [6.07, 6.45) is 0. The van der Waals surface area contributed by atoms with Crippen LogP contribution >= 0.6 is 0 Å². The Bertz CT molecular complexity index is 72.5. The van der Waals surface area contributed by atoms with Gasteiger partial charge >= 0.3 is 17.4 Å². The quantitative estimate of drug-likeness (QED) is 0.304. The maximum absolute atomic E-state index is 8.25. The molecule has 0 amide bonds. The first-order chi connectivity index (χ1) is 3.46. The van der Waals surface area contributed by atoms with Crippen LogP contribution in [0.15, 0.2) is 0 Å².